The van der Waals surface area contributed by atoms with Gasteiger partial charge in [-0.1, -0.05) is 30.3 Å². The first kappa shape index (κ1) is 17.6. The van der Waals surface area contributed by atoms with Crippen LogP contribution in [0, 0.1) is 5.41 Å². The molecule has 0 bridgehead atoms. The number of β-amino-alcohol motifs (C(OH)–C–C–N with tert-alkyl or cyclic N) is 1. The van der Waals surface area contributed by atoms with Gasteiger partial charge in [0.25, 0.3) is 0 Å². The van der Waals surface area contributed by atoms with E-state index in [9.17, 15) is 9.90 Å². The van der Waals surface area contributed by atoms with Crippen LogP contribution in [-0.2, 0) is 21.7 Å². The number of rotatable bonds is 6. The number of aromatic nitrogens is 3. The van der Waals surface area contributed by atoms with Crippen molar-refractivity contribution in [3.8, 4) is 0 Å². The summed E-state index contributed by atoms with van der Waals surface area (Å²) in [6.07, 6.45) is 1.95. The van der Waals surface area contributed by atoms with Crippen molar-refractivity contribution in [2.45, 2.75) is 32.5 Å². The average molecular weight is 344 g/mol. The van der Waals surface area contributed by atoms with Gasteiger partial charge in [0.15, 0.2) is 0 Å². The first-order valence-electron chi connectivity index (χ1n) is 8.40. The van der Waals surface area contributed by atoms with Crippen LogP contribution >= 0.6 is 0 Å². The smallest absolute Gasteiger partial charge is 0.230 e. The molecule has 1 aliphatic heterocycles. The van der Waals surface area contributed by atoms with Gasteiger partial charge < -0.3 is 14.7 Å². The molecule has 0 unspecified atom stereocenters. The lowest BCUT2D eigenvalue weighted by molar-refractivity contribution is -0.144. The van der Waals surface area contributed by atoms with Gasteiger partial charge in [0, 0.05) is 13.0 Å². The lowest BCUT2D eigenvalue weighted by Gasteiger charge is -2.30. The highest BCUT2D eigenvalue weighted by atomic mass is 16.5. The molecule has 1 fully saturated rings. The Bertz CT molecular complexity index is 702. The zero-order chi connectivity index (χ0) is 17.9. The minimum atomic E-state index is -1.14. The molecular weight excluding hydrogens is 320 g/mol. The summed E-state index contributed by atoms with van der Waals surface area (Å²) in [5.41, 5.74) is -0.249. The predicted octanol–water partition coefficient (Wildman–Crippen LogP) is 1.47. The average Bonchev–Trinajstić information content (AvgIpc) is 3.25. The van der Waals surface area contributed by atoms with Crippen LogP contribution in [0.1, 0.15) is 31.5 Å². The maximum Gasteiger partial charge on any atom is 0.230 e. The van der Waals surface area contributed by atoms with Crippen LogP contribution in [0.25, 0.3) is 0 Å². The highest BCUT2D eigenvalue weighted by Crippen LogP contribution is 2.33. The number of amides is 1. The van der Waals surface area contributed by atoms with E-state index in [2.05, 4.69) is 15.4 Å². The van der Waals surface area contributed by atoms with Crippen molar-refractivity contribution in [3.63, 3.8) is 0 Å². The molecule has 2 heterocycles. The molecule has 1 aromatic heterocycles. The van der Waals surface area contributed by atoms with Gasteiger partial charge in [-0.2, -0.15) is 15.4 Å². The number of aliphatic hydroxyl groups is 1. The number of carbonyl (C=O) groups is 1. The summed E-state index contributed by atoms with van der Waals surface area (Å²) >= 11 is 0. The number of hydrogen-bond donors (Lipinski definition) is 2. The minimum absolute atomic E-state index is 0.0278. The molecule has 1 aliphatic rings. The van der Waals surface area contributed by atoms with Crippen LogP contribution < -0.4 is 0 Å². The van der Waals surface area contributed by atoms with E-state index >= 15 is 0 Å². The summed E-state index contributed by atoms with van der Waals surface area (Å²) < 4.78 is 5.75. The molecule has 0 aliphatic carbocycles. The first-order valence-corrected chi connectivity index (χ1v) is 8.40. The molecular formula is C18H24N4O3. The van der Waals surface area contributed by atoms with E-state index in [1.165, 1.54) is 6.20 Å². The number of benzene rings is 1. The number of aromatic amines is 1. The Balaban J connectivity index is 1.56. The molecule has 0 spiro atoms. The van der Waals surface area contributed by atoms with Crippen molar-refractivity contribution in [3.05, 3.63) is 47.8 Å². The third-order valence-electron chi connectivity index (χ3n) is 4.58. The monoisotopic (exact) mass is 344 g/mol. The Kier molecular flexibility index (Phi) is 4.87. The van der Waals surface area contributed by atoms with Crippen LogP contribution in [0.5, 0.6) is 0 Å². The number of H-pyrrole nitrogens is 1. The zero-order valence-corrected chi connectivity index (χ0v) is 14.6. The maximum atomic E-state index is 12.9. The molecule has 1 aromatic carbocycles. The van der Waals surface area contributed by atoms with Crippen molar-refractivity contribution >= 4 is 5.91 Å². The fraction of sp³-hybridized carbons (Fsp3) is 0.500. The standard InChI is InChI=1S/C18H24N4O3/c1-17(2,13-25-11-14-6-4-3-5-7-14)16(23)22-9-8-18(24,12-22)15-10-19-21-20-15/h3-7,10,24H,8-9,11-13H2,1-2H3,(H,19,20,21)/t18-/m1/s1. The quantitative estimate of drug-likeness (QED) is 0.828. The third kappa shape index (κ3) is 3.88. The van der Waals surface area contributed by atoms with E-state index in [1.807, 2.05) is 44.2 Å². The summed E-state index contributed by atoms with van der Waals surface area (Å²) in [5, 5.41) is 20.9. The van der Waals surface area contributed by atoms with Crippen LogP contribution in [-0.4, -0.2) is 51.0 Å². The van der Waals surface area contributed by atoms with E-state index < -0.39 is 11.0 Å². The van der Waals surface area contributed by atoms with E-state index in [4.69, 9.17) is 4.74 Å². The molecule has 25 heavy (non-hydrogen) atoms. The normalized spacial score (nSPS) is 20.8. The SMILES string of the molecule is CC(C)(COCc1ccccc1)C(=O)N1CC[C@](O)(c2cn[nH]n2)C1. The first-order chi connectivity index (χ1) is 11.9. The number of ether oxygens (including phenoxy) is 1. The van der Waals surface area contributed by atoms with Gasteiger partial charge in [-0.15, -0.1) is 0 Å². The number of likely N-dealkylation sites (tertiary alicyclic amines) is 1. The topological polar surface area (TPSA) is 91.3 Å². The van der Waals surface area contributed by atoms with Gasteiger partial charge in [0.05, 0.1) is 31.4 Å². The molecule has 0 radical (unpaired) electrons. The second kappa shape index (κ2) is 6.93. The fourth-order valence-electron chi connectivity index (χ4n) is 3.09. The molecule has 7 nitrogen and oxygen atoms in total. The fourth-order valence-corrected chi connectivity index (χ4v) is 3.09. The maximum absolute atomic E-state index is 12.9. The Morgan fingerprint density at radius 1 is 1.40 bits per heavy atom. The lowest BCUT2D eigenvalue weighted by atomic mass is 9.92. The van der Waals surface area contributed by atoms with Gasteiger partial charge in [0.1, 0.15) is 11.3 Å². The Morgan fingerprint density at radius 3 is 2.84 bits per heavy atom. The highest BCUT2D eigenvalue weighted by Gasteiger charge is 2.44. The molecule has 7 heteroatoms. The van der Waals surface area contributed by atoms with E-state index in [0.29, 0.717) is 31.9 Å². The van der Waals surface area contributed by atoms with Crippen molar-refractivity contribution in [1.82, 2.24) is 20.3 Å². The van der Waals surface area contributed by atoms with Gasteiger partial charge in [-0.3, -0.25) is 4.79 Å². The number of carbonyl (C=O) groups excluding carboxylic acids is 1. The highest BCUT2D eigenvalue weighted by molar-refractivity contribution is 5.82. The summed E-state index contributed by atoms with van der Waals surface area (Å²) in [6.45, 7) is 5.24. The molecule has 0 saturated carbocycles. The van der Waals surface area contributed by atoms with Crippen LogP contribution in [0.4, 0.5) is 0 Å². The molecule has 1 atom stereocenters. The van der Waals surface area contributed by atoms with Crippen LogP contribution in [0.15, 0.2) is 36.5 Å². The van der Waals surface area contributed by atoms with Gasteiger partial charge in [-0.05, 0) is 19.4 Å². The van der Waals surface area contributed by atoms with Crippen LogP contribution in [0.2, 0.25) is 0 Å². The molecule has 134 valence electrons. The van der Waals surface area contributed by atoms with Gasteiger partial charge in [0.2, 0.25) is 5.91 Å². The van der Waals surface area contributed by atoms with Crippen LogP contribution in [0.3, 0.4) is 0 Å². The van der Waals surface area contributed by atoms with Crippen molar-refractivity contribution in [1.29, 1.82) is 0 Å². The van der Waals surface area contributed by atoms with Crippen molar-refractivity contribution in [2.75, 3.05) is 19.7 Å². The molecule has 2 N–H and O–H groups in total. The largest absolute Gasteiger partial charge is 0.381 e. The van der Waals surface area contributed by atoms with Crippen molar-refractivity contribution in [2.24, 2.45) is 5.41 Å². The molecule has 3 rings (SSSR count). The Hall–Kier alpha value is -2.25. The zero-order valence-electron chi connectivity index (χ0n) is 14.6. The predicted molar refractivity (Wildman–Crippen MR) is 91.4 cm³/mol. The molecule has 2 aromatic rings. The van der Waals surface area contributed by atoms with Gasteiger partial charge in [-0.25, -0.2) is 0 Å². The summed E-state index contributed by atoms with van der Waals surface area (Å²) in [4.78, 5) is 14.5. The number of hydrogen-bond acceptors (Lipinski definition) is 5. The summed E-state index contributed by atoms with van der Waals surface area (Å²) in [7, 11) is 0. The van der Waals surface area contributed by atoms with E-state index in [-0.39, 0.29) is 12.5 Å². The Morgan fingerprint density at radius 2 is 2.16 bits per heavy atom. The Labute approximate surface area is 147 Å². The molecule has 1 amide bonds. The van der Waals surface area contributed by atoms with Gasteiger partial charge >= 0.3 is 0 Å². The third-order valence-corrected chi connectivity index (χ3v) is 4.58. The molecule has 1 saturated heterocycles. The second-order valence-corrected chi connectivity index (χ2v) is 7.23. The summed E-state index contributed by atoms with van der Waals surface area (Å²) in [6, 6.07) is 9.87. The lowest BCUT2D eigenvalue weighted by Crippen LogP contribution is -2.43. The number of nitrogens with zero attached hydrogens (tertiary/aromatic N) is 3. The number of nitrogens with one attached hydrogen (secondary N) is 1. The second-order valence-electron chi connectivity index (χ2n) is 7.23. The van der Waals surface area contributed by atoms with E-state index in [0.717, 1.165) is 5.56 Å². The van der Waals surface area contributed by atoms with Crippen molar-refractivity contribution < 1.29 is 14.6 Å². The van der Waals surface area contributed by atoms with E-state index in [1.54, 1.807) is 4.90 Å². The minimum Gasteiger partial charge on any atom is -0.381 e. The summed E-state index contributed by atoms with van der Waals surface area (Å²) in [5.74, 6) is -0.0278.